The minimum atomic E-state index is -0.441. The highest BCUT2D eigenvalue weighted by molar-refractivity contribution is 6.35. The lowest BCUT2D eigenvalue weighted by Gasteiger charge is -2.03. The van der Waals surface area contributed by atoms with Crippen LogP contribution in [0.15, 0.2) is 53.8 Å². The summed E-state index contributed by atoms with van der Waals surface area (Å²) in [6, 6.07) is 12.7. The predicted octanol–water partition coefficient (Wildman–Crippen LogP) is 4.46. The second kappa shape index (κ2) is 7.51. The third-order valence-electron chi connectivity index (χ3n) is 3.55. The molecule has 1 heterocycles. The van der Waals surface area contributed by atoms with Gasteiger partial charge < -0.3 is 0 Å². The van der Waals surface area contributed by atoms with Crippen molar-refractivity contribution in [2.45, 2.75) is 6.92 Å². The smallest absolute Gasteiger partial charge is 0.272 e. The standard InChI is InChI=1S/C18H14Cl2N4O/c1-11-2-4-12(5-3-11)17-13(9-21-23-17)10-22-24-18(25)15-8-14(19)6-7-16(15)20/h2-10H,1H3,(H,21,23)(H,24,25)/b22-10-. The summed E-state index contributed by atoms with van der Waals surface area (Å²) in [6.07, 6.45) is 3.16. The van der Waals surface area contributed by atoms with Crippen molar-refractivity contribution >= 4 is 35.3 Å². The zero-order valence-corrected chi connectivity index (χ0v) is 14.8. The van der Waals surface area contributed by atoms with Crippen LogP contribution < -0.4 is 5.43 Å². The average Bonchev–Trinajstić information content (AvgIpc) is 3.06. The maximum atomic E-state index is 12.1. The molecule has 25 heavy (non-hydrogen) atoms. The molecule has 7 heteroatoms. The molecule has 0 spiro atoms. The number of carbonyl (C=O) groups excluding carboxylic acids is 1. The number of nitrogens with zero attached hydrogens (tertiary/aromatic N) is 2. The molecule has 0 aliphatic heterocycles. The van der Waals surface area contributed by atoms with E-state index >= 15 is 0 Å². The van der Waals surface area contributed by atoms with Crippen LogP contribution in [0.5, 0.6) is 0 Å². The van der Waals surface area contributed by atoms with E-state index in [0.29, 0.717) is 10.0 Å². The number of H-pyrrole nitrogens is 1. The number of hydrazone groups is 1. The van der Waals surface area contributed by atoms with E-state index in [4.69, 9.17) is 23.2 Å². The third kappa shape index (κ3) is 4.07. The second-order valence-corrected chi connectivity index (χ2v) is 6.23. The van der Waals surface area contributed by atoms with Crippen molar-refractivity contribution in [3.8, 4) is 11.3 Å². The molecule has 2 aromatic carbocycles. The van der Waals surface area contributed by atoms with E-state index in [1.807, 2.05) is 31.2 Å². The summed E-state index contributed by atoms with van der Waals surface area (Å²) >= 11 is 11.9. The Morgan fingerprint density at radius 2 is 1.96 bits per heavy atom. The summed E-state index contributed by atoms with van der Waals surface area (Å²) in [5.74, 6) is -0.441. The monoisotopic (exact) mass is 372 g/mol. The SMILES string of the molecule is Cc1ccc(-c2[nH]ncc2/C=N\NC(=O)c2cc(Cl)ccc2Cl)cc1. The van der Waals surface area contributed by atoms with Crippen LogP contribution in [-0.2, 0) is 0 Å². The number of aryl methyl sites for hydroxylation is 1. The van der Waals surface area contributed by atoms with Crippen molar-refractivity contribution in [1.82, 2.24) is 15.6 Å². The number of hydrogen-bond acceptors (Lipinski definition) is 3. The number of nitrogens with one attached hydrogen (secondary N) is 2. The first kappa shape index (κ1) is 17.2. The number of hydrogen-bond donors (Lipinski definition) is 2. The van der Waals surface area contributed by atoms with Gasteiger partial charge in [0.1, 0.15) is 0 Å². The highest BCUT2D eigenvalue weighted by atomic mass is 35.5. The lowest BCUT2D eigenvalue weighted by atomic mass is 10.1. The van der Waals surface area contributed by atoms with Crippen molar-refractivity contribution in [2.24, 2.45) is 5.10 Å². The molecule has 1 aromatic heterocycles. The van der Waals surface area contributed by atoms with Crippen LogP contribution >= 0.6 is 23.2 Å². The predicted molar refractivity (Wildman–Crippen MR) is 100 cm³/mol. The average molecular weight is 373 g/mol. The Hall–Kier alpha value is -2.63. The lowest BCUT2D eigenvalue weighted by Crippen LogP contribution is -2.18. The Bertz CT molecular complexity index is 933. The number of carbonyl (C=O) groups is 1. The maximum Gasteiger partial charge on any atom is 0.272 e. The van der Waals surface area contributed by atoms with E-state index < -0.39 is 5.91 Å². The Balaban J connectivity index is 1.75. The van der Waals surface area contributed by atoms with Crippen LogP contribution in [0.4, 0.5) is 0 Å². The van der Waals surface area contributed by atoms with E-state index in [0.717, 1.165) is 16.8 Å². The molecular formula is C18H14Cl2N4O. The van der Waals surface area contributed by atoms with Crippen molar-refractivity contribution in [3.63, 3.8) is 0 Å². The molecule has 0 atom stereocenters. The maximum absolute atomic E-state index is 12.1. The number of aromatic amines is 1. The quantitative estimate of drug-likeness (QED) is 0.524. The number of amides is 1. The second-order valence-electron chi connectivity index (χ2n) is 5.39. The first-order valence-corrected chi connectivity index (χ1v) is 8.19. The molecule has 0 saturated carbocycles. The molecular weight excluding hydrogens is 359 g/mol. The van der Waals surface area contributed by atoms with E-state index in [-0.39, 0.29) is 5.56 Å². The summed E-state index contributed by atoms with van der Waals surface area (Å²) in [6.45, 7) is 2.02. The lowest BCUT2D eigenvalue weighted by molar-refractivity contribution is 0.0955. The van der Waals surface area contributed by atoms with Crippen LogP contribution in [0.25, 0.3) is 11.3 Å². The van der Waals surface area contributed by atoms with E-state index in [9.17, 15) is 4.79 Å². The minimum absolute atomic E-state index is 0.261. The van der Waals surface area contributed by atoms with Gasteiger partial charge in [0.25, 0.3) is 5.91 Å². The van der Waals surface area contributed by atoms with Crippen molar-refractivity contribution in [1.29, 1.82) is 0 Å². The Labute approximate surface area is 154 Å². The van der Waals surface area contributed by atoms with Crippen molar-refractivity contribution in [3.05, 3.63) is 75.4 Å². The minimum Gasteiger partial charge on any atom is -0.277 e. The number of benzene rings is 2. The normalized spacial score (nSPS) is 11.0. The largest absolute Gasteiger partial charge is 0.277 e. The highest BCUT2D eigenvalue weighted by Gasteiger charge is 2.10. The molecule has 0 radical (unpaired) electrons. The molecule has 0 fully saturated rings. The molecule has 0 aliphatic rings. The molecule has 1 amide bonds. The van der Waals surface area contributed by atoms with Gasteiger partial charge in [-0.25, -0.2) is 5.43 Å². The topological polar surface area (TPSA) is 70.1 Å². The van der Waals surface area contributed by atoms with Crippen molar-refractivity contribution in [2.75, 3.05) is 0 Å². The summed E-state index contributed by atoms with van der Waals surface area (Å²) in [4.78, 5) is 12.1. The Kier molecular flexibility index (Phi) is 5.16. The first-order chi connectivity index (χ1) is 12.0. The Morgan fingerprint density at radius 1 is 1.20 bits per heavy atom. The van der Waals surface area contributed by atoms with Gasteiger partial charge in [0.2, 0.25) is 0 Å². The molecule has 0 aliphatic carbocycles. The zero-order chi connectivity index (χ0) is 17.8. The van der Waals surface area contributed by atoms with Gasteiger partial charge in [-0.15, -0.1) is 0 Å². The van der Waals surface area contributed by atoms with Gasteiger partial charge in [-0.3, -0.25) is 9.89 Å². The zero-order valence-electron chi connectivity index (χ0n) is 13.3. The van der Waals surface area contributed by atoms with Gasteiger partial charge >= 0.3 is 0 Å². The molecule has 0 unspecified atom stereocenters. The van der Waals surface area contributed by atoms with Crippen LogP contribution in [-0.4, -0.2) is 22.3 Å². The summed E-state index contributed by atoms with van der Waals surface area (Å²) in [5.41, 5.74) is 6.42. The van der Waals surface area contributed by atoms with Crippen LogP contribution in [0.3, 0.4) is 0 Å². The first-order valence-electron chi connectivity index (χ1n) is 7.43. The van der Waals surface area contributed by atoms with Gasteiger partial charge in [0.15, 0.2) is 0 Å². The van der Waals surface area contributed by atoms with E-state index in [1.54, 1.807) is 18.3 Å². The fraction of sp³-hybridized carbons (Fsp3) is 0.0556. The van der Waals surface area contributed by atoms with Crippen LogP contribution in [0, 0.1) is 6.92 Å². The van der Waals surface area contributed by atoms with Gasteiger partial charge in [-0.2, -0.15) is 10.2 Å². The van der Waals surface area contributed by atoms with E-state index in [1.165, 1.54) is 17.8 Å². The van der Waals surface area contributed by atoms with Gasteiger partial charge in [-0.05, 0) is 25.1 Å². The number of halogens is 2. The fourth-order valence-corrected chi connectivity index (χ4v) is 2.61. The molecule has 3 rings (SSSR count). The third-order valence-corrected chi connectivity index (χ3v) is 4.12. The van der Waals surface area contributed by atoms with E-state index in [2.05, 4.69) is 20.7 Å². The summed E-state index contributed by atoms with van der Waals surface area (Å²) in [7, 11) is 0. The van der Waals surface area contributed by atoms with Crippen LogP contribution in [0.2, 0.25) is 10.0 Å². The van der Waals surface area contributed by atoms with Crippen molar-refractivity contribution < 1.29 is 4.79 Å². The summed E-state index contributed by atoms with van der Waals surface area (Å²) < 4.78 is 0. The fourth-order valence-electron chi connectivity index (χ4n) is 2.24. The molecule has 2 N–H and O–H groups in total. The molecule has 5 nitrogen and oxygen atoms in total. The van der Waals surface area contributed by atoms with Crippen LogP contribution in [0.1, 0.15) is 21.5 Å². The van der Waals surface area contributed by atoms with Gasteiger partial charge in [0, 0.05) is 16.1 Å². The molecule has 126 valence electrons. The highest BCUT2D eigenvalue weighted by Crippen LogP contribution is 2.21. The molecule has 0 bridgehead atoms. The number of rotatable bonds is 4. The van der Waals surface area contributed by atoms with Gasteiger partial charge in [0.05, 0.1) is 28.7 Å². The van der Waals surface area contributed by atoms with Gasteiger partial charge in [-0.1, -0.05) is 53.0 Å². The molecule has 3 aromatic rings. The summed E-state index contributed by atoms with van der Waals surface area (Å²) in [5, 5.41) is 11.7. The Morgan fingerprint density at radius 3 is 2.72 bits per heavy atom. The number of aromatic nitrogens is 2. The molecule has 0 saturated heterocycles.